The van der Waals surface area contributed by atoms with Crippen LogP contribution in [0.25, 0.3) is 0 Å². The molecule has 2 aliphatic rings. The zero-order chi connectivity index (χ0) is 13.5. The van der Waals surface area contributed by atoms with Crippen molar-refractivity contribution in [1.29, 1.82) is 0 Å². The zero-order valence-electron chi connectivity index (χ0n) is 11.5. The van der Waals surface area contributed by atoms with Gasteiger partial charge in [0.1, 0.15) is 6.61 Å². The summed E-state index contributed by atoms with van der Waals surface area (Å²) < 4.78 is 5.69. The van der Waals surface area contributed by atoms with Crippen molar-refractivity contribution in [2.45, 2.75) is 18.9 Å². The first-order valence-electron chi connectivity index (χ1n) is 7.23. The van der Waals surface area contributed by atoms with Crippen LogP contribution in [0.5, 0.6) is 0 Å². The number of piperidine rings is 1. The Kier molecular flexibility index (Phi) is 6.03. The van der Waals surface area contributed by atoms with Crippen molar-refractivity contribution in [3.63, 3.8) is 0 Å². The lowest BCUT2D eigenvalue weighted by Gasteiger charge is -2.34. The van der Waals surface area contributed by atoms with Crippen LogP contribution >= 0.6 is 0 Å². The molecule has 0 aromatic heterocycles. The summed E-state index contributed by atoms with van der Waals surface area (Å²) in [5.41, 5.74) is 0. The van der Waals surface area contributed by atoms with E-state index in [1.54, 1.807) is 0 Å². The molecule has 6 heteroatoms. The minimum Gasteiger partial charge on any atom is -0.395 e. The van der Waals surface area contributed by atoms with Crippen molar-refractivity contribution in [3.8, 4) is 0 Å². The SMILES string of the molecule is O=C(COC1CCNCC1)N1CCN(CCO)CC1. The normalized spacial score (nSPS) is 22.7. The molecule has 2 N–H and O–H groups in total. The van der Waals surface area contributed by atoms with E-state index in [0.29, 0.717) is 6.54 Å². The Labute approximate surface area is 114 Å². The first-order valence-corrected chi connectivity index (χ1v) is 7.23. The second-order valence-electron chi connectivity index (χ2n) is 5.21. The van der Waals surface area contributed by atoms with Gasteiger partial charge >= 0.3 is 0 Å². The number of carbonyl (C=O) groups excluding carboxylic acids is 1. The number of aliphatic hydroxyl groups excluding tert-OH is 1. The maximum Gasteiger partial charge on any atom is 0.248 e. The number of hydrogen-bond donors (Lipinski definition) is 2. The summed E-state index contributed by atoms with van der Waals surface area (Å²) in [7, 11) is 0. The van der Waals surface area contributed by atoms with E-state index >= 15 is 0 Å². The van der Waals surface area contributed by atoms with Gasteiger partial charge in [0.2, 0.25) is 5.91 Å². The molecule has 2 fully saturated rings. The van der Waals surface area contributed by atoms with E-state index < -0.39 is 0 Å². The zero-order valence-corrected chi connectivity index (χ0v) is 11.5. The summed E-state index contributed by atoms with van der Waals surface area (Å²) in [5, 5.41) is 12.2. The number of piperazine rings is 1. The van der Waals surface area contributed by atoms with E-state index in [1.807, 2.05) is 4.90 Å². The van der Waals surface area contributed by atoms with Gasteiger partial charge < -0.3 is 20.1 Å². The number of carbonyl (C=O) groups is 1. The Balaban J connectivity index is 1.63. The standard InChI is InChI=1S/C13H25N3O3/c17-10-9-15-5-7-16(8-6-15)13(18)11-19-12-1-3-14-4-2-12/h12,14,17H,1-11H2. The number of β-amino-alcohol motifs (C(OH)–C–C–N with tert-alkyl or cyclic N) is 1. The first-order chi connectivity index (χ1) is 9.29. The molecule has 2 saturated heterocycles. The van der Waals surface area contributed by atoms with Gasteiger partial charge in [-0.1, -0.05) is 0 Å². The topological polar surface area (TPSA) is 65.0 Å². The molecule has 0 spiro atoms. The Morgan fingerprint density at radius 3 is 2.53 bits per heavy atom. The van der Waals surface area contributed by atoms with Gasteiger partial charge in [-0.25, -0.2) is 0 Å². The van der Waals surface area contributed by atoms with Crippen LogP contribution in [0.4, 0.5) is 0 Å². The molecule has 6 nitrogen and oxygen atoms in total. The molecular formula is C13H25N3O3. The number of aliphatic hydroxyl groups is 1. The molecule has 110 valence electrons. The van der Waals surface area contributed by atoms with Gasteiger partial charge in [-0.3, -0.25) is 9.69 Å². The molecule has 0 aliphatic carbocycles. The fraction of sp³-hybridized carbons (Fsp3) is 0.923. The molecule has 1 amide bonds. The predicted molar refractivity (Wildman–Crippen MR) is 71.9 cm³/mol. The summed E-state index contributed by atoms with van der Waals surface area (Å²) in [6.45, 7) is 6.25. The van der Waals surface area contributed by atoms with Crippen molar-refractivity contribution in [2.24, 2.45) is 0 Å². The second kappa shape index (κ2) is 7.79. The van der Waals surface area contributed by atoms with Gasteiger partial charge in [0.25, 0.3) is 0 Å². The lowest BCUT2D eigenvalue weighted by atomic mass is 10.1. The van der Waals surface area contributed by atoms with E-state index in [-0.39, 0.29) is 25.2 Å². The molecule has 0 aromatic carbocycles. The molecule has 2 heterocycles. The van der Waals surface area contributed by atoms with Crippen LogP contribution in [0.2, 0.25) is 0 Å². The summed E-state index contributed by atoms with van der Waals surface area (Å²) in [6, 6.07) is 0. The number of ether oxygens (including phenoxy) is 1. The summed E-state index contributed by atoms with van der Waals surface area (Å²) in [6.07, 6.45) is 2.23. The molecule has 0 atom stereocenters. The first kappa shape index (κ1) is 14.7. The number of amides is 1. The Bertz CT molecular complexity index is 274. The highest BCUT2D eigenvalue weighted by Crippen LogP contribution is 2.08. The maximum atomic E-state index is 12.0. The highest BCUT2D eigenvalue weighted by atomic mass is 16.5. The molecule has 0 bridgehead atoms. The minimum atomic E-state index is 0.0992. The highest BCUT2D eigenvalue weighted by Gasteiger charge is 2.22. The molecule has 0 saturated carbocycles. The van der Waals surface area contributed by atoms with Gasteiger partial charge in [0, 0.05) is 32.7 Å². The van der Waals surface area contributed by atoms with Crippen LogP contribution in [0.15, 0.2) is 0 Å². The monoisotopic (exact) mass is 271 g/mol. The van der Waals surface area contributed by atoms with Gasteiger partial charge in [0.05, 0.1) is 12.7 Å². The number of nitrogens with zero attached hydrogens (tertiary/aromatic N) is 2. The summed E-state index contributed by atoms with van der Waals surface area (Å²) in [5.74, 6) is 0.0992. The van der Waals surface area contributed by atoms with E-state index in [9.17, 15) is 4.79 Å². The van der Waals surface area contributed by atoms with E-state index in [1.165, 1.54) is 0 Å². The lowest BCUT2D eigenvalue weighted by Crippen LogP contribution is -2.50. The van der Waals surface area contributed by atoms with Crippen molar-refractivity contribution >= 4 is 5.91 Å². The third-order valence-electron chi connectivity index (χ3n) is 3.87. The molecule has 2 rings (SSSR count). The van der Waals surface area contributed by atoms with Crippen molar-refractivity contribution in [2.75, 3.05) is 59.0 Å². The maximum absolute atomic E-state index is 12.0. The van der Waals surface area contributed by atoms with Crippen LogP contribution < -0.4 is 5.32 Å². The van der Waals surface area contributed by atoms with Crippen LogP contribution in [-0.2, 0) is 9.53 Å². The molecule has 19 heavy (non-hydrogen) atoms. The van der Waals surface area contributed by atoms with Gasteiger partial charge in [0.15, 0.2) is 0 Å². The Morgan fingerprint density at radius 2 is 1.89 bits per heavy atom. The quantitative estimate of drug-likeness (QED) is 0.664. The molecular weight excluding hydrogens is 246 g/mol. The smallest absolute Gasteiger partial charge is 0.248 e. The summed E-state index contributed by atoms with van der Waals surface area (Å²) in [4.78, 5) is 16.1. The van der Waals surface area contributed by atoms with Gasteiger partial charge in [-0.15, -0.1) is 0 Å². The summed E-state index contributed by atoms with van der Waals surface area (Å²) >= 11 is 0. The Morgan fingerprint density at radius 1 is 1.21 bits per heavy atom. The number of rotatable bonds is 5. The van der Waals surface area contributed by atoms with Crippen LogP contribution in [0, 0.1) is 0 Å². The minimum absolute atomic E-state index is 0.0992. The average Bonchev–Trinajstić information content (AvgIpc) is 2.47. The molecule has 0 radical (unpaired) electrons. The highest BCUT2D eigenvalue weighted by molar-refractivity contribution is 5.77. The fourth-order valence-electron chi connectivity index (χ4n) is 2.60. The number of hydrogen-bond acceptors (Lipinski definition) is 5. The van der Waals surface area contributed by atoms with Crippen LogP contribution in [0.1, 0.15) is 12.8 Å². The third kappa shape index (κ3) is 4.72. The van der Waals surface area contributed by atoms with Gasteiger partial charge in [-0.2, -0.15) is 0 Å². The fourth-order valence-corrected chi connectivity index (χ4v) is 2.60. The molecule has 0 aromatic rings. The number of nitrogens with one attached hydrogen (secondary N) is 1. The van der Waals surface area contributed by atoms with Crippen molar-refractivity contribution in [3.05, 3.63) is 0 Å². The molecule has 0 unspecified atom stereocenters. The van der Waals surface area contributed by atoms with Crippen molar-refractivity contribution < 1.29 is 14.6 Å². The lowest BCUT2D eigenvalue weighted by molar-refractivity contribution is -0.140. The van der Waals surface area contributed by atoms with E-state index in [0.717, 1.165) is 52.1 Å². The van der Waals surface area contributed by atoms with Crippen LogP contribution in [-0.4, -0.2) is 85.9 Å². The van der Waals surface area contributed by atoms with E-state index in [4.69, 9.17) is 9.84 Å². The predicted octanol–water partition coefficient (Wildman–Crippen LogP) is -1.11. The van der Waals surface area contributed by atoms with Crippen molar-refractivity contribution in [1.82, 2.24) is 15.1 Å². The largest absolute Gasteiger partial charge is 0.395 e. The van der Waals surface area contributed by atoms with E-state index in [2.05, 4.69) is 10.2 Å². The molecule has 2 aliphatic heterocycles. The third-order valence-corrected chi connectivity index (χ3v) is 3.87. The van der Waals surface area contributed by atoms with Gasteiger partial charge in [-0.05, 0) is 25.9 Å². The second-order valence-corrected chi connectivity index (χ2v) is 5.21. The Hall–Kier alpha value is -0.690. The average molecular weight is 271 g/mol. The van der Waals surface area contributed by atoms with Crippen LogP contribution in [0.3, 0.4) is 0 Å².